The number of amides is 1. The van der Waals surface area contributed by atoms with E-state index < -0.39 is 0 Å². The number of hydrogen-bond acceptors (Lipinski definition) is 5. The molecule has 1 heterocycles. The molecule has 0 saturated carbocycles. The molecule has 7 nitrogen and oxygen atoms in total. The number of guanidine groups is 1. The van der Waals surface area contributed by atoms with E-state index in [9.17, 15) is 4.79 Å². The van der Waals surface area contributed by atoms with E-state index in [2.05, 4.69) is 24.5 Å². The third-order valence-electron chi connectivity index (χ3n) is 4.44. The Hall–Kier alpha value is -3.45. The Bertz CT molecular complexity index is 1050. The number of para-hydroxylation sites is 1. The molecule has 3 N–H and O–H groups in total. The molecule has 1 amide bonds. The minimum Gasteiger partial charge on any atom is -0.465 e. The van der Waals surface area contributed by atoms with Crippen LogP contribution in [-0.2, 0) is 9.53 Å². The molecule has 1 aromatic heterocycles. The standard InChI is InChI=1S/C23H26N4O3/c1-15(2)12-29-14-30-21-10-6-9-18-20(27-23(24)25-13-28)11-19(26-22(18)21)17-8-5-4-7-16(17)3/h4-11,13,15H,12,14H2,1-3H3,(H3,24,25,26,27,28). The van der Waals surface area contributed by atoms with Gasteiger partial charge in [-0.1, -0.05) is 50.2 Å². The van der Waals surface area contributed by atoms with Crippen LogP contribution in [0.3, 0.4) is 0 Å². The fraction of sp³-hybridized carbons (Fsp3) is 0.261. The normalized spacial score (nSPS) is 10.8. The smallest absolute Gasteiger partial charge is 0.213 e. The van der Waals surface area contributed by atoms with E-state index in [1.807, 2.05) is 55.5 Å². The van der Waals surface area contributed by atoms with Crippen molar-refractivity contribution in [2.45, 2.75) is 20.8 Å². The Labute approximate surface area is 175 Å². The molecular formula is C23H26N4O3. The van der Waals surface area contributed by atoms with Gasteiger partial charge in [0.05, 0.1) is 18.0 Å². The zero-order valence-electron chi connectivity index (χ0n) is 17.4. The second kappa shape index (κ2) is 9.84. The Morgan fingerprint density at radius 3 is 2.73 bits per heavy atom. The average Bonchev–Trinajstić information content (AvgIpc) is 2.71. The molecule has 0 radical (unpaired) electrons. The number of aromatic nitrogens is 1. The topological polar surface area (TPSA) is 96.3 Å². The number of nitrogens with zero attached hydrogens (tertiary/aromatic N) is 1. The summed E-state index contributed by atoms with van der Waals surface area (Å²) in [4.78, 5) is 15.6. The Kier molecular flexibility index (Phi) is 6.98. The fourth-order valence-corrected chi connectivity index (χ4v) is 3.06. The summed E-state index contributed by atoms with van der Waals surface area (Å²) in [6, 6.07) is 15.4. The van der Waals surface area contributed by atoms with E-state index in [-0.39, 0.29) is 12.8 Å². The summed E-state index contributed by atoms with van der Waals surface area (Å²) in [6.07, 6.45) is 0.460. The number of rotatable bonds is 8. The molecule has 0 aliphatic carbocycles. The van der Waals surface area contributed by atoms with Gasteiger partial charge in [-0.25, -0.2) is 4.98 Å². The quantitative estimate of drug-likeness (QED) is 0.170. The van der Waals surface area contributed by atoms with Crippen LogP contribution < -0.4 is 15.4 Å². The number of nitrogens with one attached hydrogen (secondary N) is 3. The summed E-state index contributed by atoms with van der Waals surface area (Å²) in [7, 11) is 0. The minimum atomic E-state index is -0.125. The summed E-state index contributed by atoms with van der Waals surface area (Å²) in [5.74, 6) is 0.878. The van der Waals surface area contributed by atoms with Gasteiger partial charge in [-0.15, -0.1) is 0 Å². The van der Waals surface area contributed by atoms with Gasteiger partial charge in [0.25, 0.3) is 0 Å². The molecule has 156 valence electrons. The van der Waals surface area contributed by atoms with Crippen LogP contribution in [0.25, 0.3) is 22.2 Å². The molecule has 0 aliphatic rings. The molecule has 3 rings (SSSR count). The highest BCUT2D eigenvalue weighted by atomic mass is 16.7. The SMILES string of the molecule is Cc1ccccc1-c1cc(NC(=N)NC=O)c2cccc(OCOCC(C)C)c2n1. The average molecular weight is 406 g/mol. The van der Waals surface area contributed by atoms with Crippen molar-refractivity contribution in [3.8, 4) is 17.0 Å². The number of ether oxygens (including phenoxy) is 2. The third-order valence-corrected chi connectivity index (χ3v) is 4.44. The van der Waals surface area contributed by atoms with Crippen molar-refractivity contribution in [1.29, 1.82) is 5.41 Å². The van der Waals surface area contributed by atoms with Crippen molar-refractivity contribution in [2.75, 3.05) is 18.7 Å². The van der Waals surface area contributed by atoms with Gasteiger partial charge in [0.15, 0.2) is 12.8 Å². The molecule has 3 aromatic rings. The van der Waals surface area contributed by atoms with Crippen molar-refractivity contribution in [2.24, 2.45) is 5.92 Å². The maximum Gasteiger partial charge on any atom is 0.213 e. The largest absolute Gasteiger partial charge is 0.465 e. The highest BCUT2D eigenvalue weighted by Gasteiger charge is 2.14. The number of pyridine rings is 1. The molecule has 2 aromatic carbocycles. The van der Waals surface area contributed by atoms with Crippen LogP contribution >= 0.6 is 0 Å². The molecule has 0 bridgehead atoms. The van der Waals surface area contributed by atoms with Crippen molar-refractivity contribution < 1.29 is 14.3 Å². The van der Waals surface area contributed by atoms with Crippen molar-refractivity contribution >= 4 is 29.0 Å². The summed E-state index contributed by atoms with van der Waals surface area (Å²) in [6.45, 7) is 6.90. The van der Waals surface area contributed by atoms with Gasteiger partial charge < -0.3 is 14.8 Å². The van der Waals surface area contributed by atoms with Gasteiger partial charge >= 0.3 is 0 Å². The molecule has 0 unspecified atom stereocenters. The van der Waals surface area contributed by atoms with E-state index in [1.165, 1.54) is 0 Å². The monoisotopic (exact) mass is 406 g/mol. The van der Waals surface area contributed by atoms with Gasteiger partial charge in [-0.05, 0) is 30.5 Å². The zero-order valence-corrected chi connectivity index (χ0v) is 17.4. The third kappa shape index (κ3) is 5.12. The molecule has 0 spiro atoms. The molecular weight excluding hydrogens is 380 g/mol. The molecule has 7 heteroatoms. The lowest BCUT2D eigenvalue weighted by Crippen LogP contribution is -2.28. The fourth-order valence-electron chi connectivity index (χ4n) is 3.06. The number of benzene rings is 2. The highest BCUT2D eigenvalue weighted by molar-refractivity contribution is 6.06. The molecule has 0 fully saturated rings. The summed E-state index contributed by atoms with van der Waals surface area (Å²) in [5, 5.41) is 13.9. The van der Waals surface area contributed by atoms with E-state index in [1.54, 1.807) is 0 Å². The predicted molar refractivity (Wildman–Crippen MR) is 119 cm³/mol. The Morgan fingerprint density at radius 1 is 1.20 bits per heavy atom. The molecule has 0 atom stereocenters. The lowest BCUT2D eigenvalue weighted by molar-refractivity contribution is -0.108. The Balaban J connectivity index is 2.06. The summed E-state index contributed by atoms with van der Waals surface area (Å²) in [5.41, 5.74) is 4.08. The Morgan fingerprint density at radius 2 is 2.00 bits per heavy atom. The van der Waals surface area contributed by atoms with Gasteiger partial charge in [-0.2, -0.15) is 0 Å². The summed E-state index contributed by atoms with van der Waals surface area (Å²) < 4.78 is 11.4. The van der Waals surface area contributed by atoms with Crippen LogP contribution in [0.15, 0.2) is 48.5 Å². The minimum absolute atomic E-state index is 0.124. The van der Waals surface area contributed by atoms with E-state index in [0.29, 0.717) is 35.9 Å². The maximum atomic E-state index is 10.7. The van der Waals surface area contributed by atoms with Crippen LogP contribution in [0.2, 0.25) is 0 Å². The van der Waals surface area contributed by atoms with Crippen molar-refractivity contribution in [1.82, 2.24) is 10.3 Å². The first-order chi connectivity index (χ1) is 14.5. The van der Waals surface area contributed by atoms with Gasteiger partial charge in [0, 0.05) is 10.9 Å². The van der Waals surface area contributed by atoms with Crippen LogP contribution in [0.1, 0.15) is 19.4 Å². The first-order valence-corrected chi connectivity index (χ1v) is 9.75. The van der Waals surface area contributed by atoms with E-state index in [0.717, 1.165) is 22.2 Å². The molecule has 0 aliphatic heterocycles. The lowest BCUT2D eigenvalue weighted by Gasteiger charge is -2.16. The van der Waals surface area contributed by atoms with Crippen LogP contribution in [0.4, 0.5) is 5.69 Å². The van der Waals surface area contributed by atoms with E-state index >= 15 is 0 Å². The highest BCUT2D eigenvalue weighted by Crippen LogP contribution is 2.34. The number of aryl methyl sites for hydroxylation is 1. The number of hydrogen-bond donors (Lipinski definition) is 3. The van der Waals surface area contributed by atoms with Crippen molar-refractivity contribution in [3.63, 3.8) is 0 Å². The predicted octanol–water partition coefficient (Wildman–Crippen LogP) is 4.31. The number of anilines is 1. The first-order valence-electron chi connectivity index (χ1n) is 9.75. The van der Waals surface area contributed by atoms with Gasteiger partial charge in [0.1, 0.15) is 11.3 Å². The van der Waals surface area contributed by atoms with Crippen molar-refractivity contribution in [3.05, 3.63) is 54.1 Å². The number of fused-ring (bicyclic) bond motifs is 1. The molecule has 0 saturated heterocycles. The molecule has 30 heavy (non-hydrogen) atoms. The number of carbonyl (C=O) groups is 1. The number of carbonyl (C=O) groups excluding carboxylic acids is 1. The maximum absolute atomic E-state index is 10.7. The van der Waals surface area contributed by atoms with Gasteiger partial charge in [0.2, 0.25) is 6.41 Å². The van der Waals surface area contributed by atoms with Gasteiger partial charge in [-0.3, -0.25) is 15.5 Å². The van der Waals surface area contributed by atoms with Crippen LogP contribution in [-0.4, -0.2) is 30.8 Å². The lowest BCUT2D eigenvalue weighted by atomic mass is 10.0. The van der Waals surface area contributed by atoms with Crippen LogP contribution in [0.5, 0.6) is 5.75 Å². The van der Waals surface area contributed by atoms with E-state index in [4.69, 9.17) is 19.9 Å². The van der Waals surface area contributed by atoms with Crippen LogP contribution in [0, 0.1) is 18.3 Å². The first kappa shape index (κ1) is 21.3. The second-order valence-electron chi connectivity index (χ2n) is 7.31. The zero-order chi connectivity index (χ0) is 21.5. The second-order valence-corrected chi connectivity index (χ2v) is 7.31. The summed E-state index contributed by atoms with van der Waals surface area (Å²) >= 11 is 0.